The second kappa shape index (κ2) is 6.31. The maximum atomic E-state index is 12.0. The molecule has 3 N–H and O–H groups in total. The fraction of sp³-hybridized carbons (Fsp3) is 0.462. The summed E-state index contributed by atoms with van der Waals surface area (Å²) in [7, 11) is -1.95. The second-order valence-corrected chi connectivity index (χ2v) is 6.68. The van der Waals surface area contributed by atoms with E-state index in [1.54, 1.807) is 18.2 Å². The van der Waals surface area contributed by atoms with Gasteiger partial charge >= 0.3 is 0 Å². The summed E-state index contributed by atoms with van der Waals surface area (Å²) in [6.45, 7) is 0.846. The SMILES string of the molecule is COc1cc(NC(=O)C2CCCN2)ccc1NS(C)(=O)=O. The number of rotatable bonds is 5. The average Bonchev–Trinajstić information content (AvgIpc) is 2.93. The third-order valence-electron chi connectivity index (χ3n) is 3.14. The van der Waals surface area contributed by atoms with E-state index in [1.807, 2.05) is 0 Å². The molecule has 0 bridgehead atoms. The molecule has 7 nitrogen and oxygen atoms in total. The molecule has 1 unspecified atom stereocenters. The number of benzene rings is 1. The molecule has 1 atom stereocenters. The van der Waals surface area contributed by atoms with Crippen molar-refractivity contribution >= 4 is 27.3 Å². The van der Waals surface area contributed by atoms with Gasteiger partial charge in [-0.1, -0.05) is 0 Å². The van der Waals surface area contributed by atoms with Crippen molar-refractivity contribution in [1.29, 1.82) is 0 Å². The van der Waals surface area contributed by atoms with Crippen molar-refractivity contribution < 1.29 is 17.9 Å². The molecule has 116 valence electrons. The molecule has 8 heteroatoms. The van der Waals surface area contributed by atoms with Crippen molar-refractivity contribution in [2.45, 2.75) is 18.9 Å². The van der Waals surface area contributed by atoms with Crippen LogP contribution in [0.4, 0.5) is 11.4 Å². The van der Waals surface area contributed by atoms with E-state index < -0.39 is 10.0 Å². The lowest BCUT2D eigenvalue weighted by molar-refractivity contribution is -0.117. The zero-order chi connectivity index (χ0) is 15.5. The molecule has 0 spiro atoms. The van der Waals surface area contributed by atoms with Gasteiger partial charge in [-0.2, -0.15) is 0 Å². The summed E-state index contributed by atoms with van der Waals surface area (Å²) in [4.78, 5) is 12.0. The number of amides is 1. The largest absolute Gasteiger partial charge is 0.494 e. The van der Waals surface area contributed by atoms with Gasteiger partial charge in [-0.05, 0) is 31.5 Å². The predicted molar refractivity (Wildman–Crippen MR) is 81.1 cm³/mol. The minimum absolute atomic E-state index is 0.0987. The fourth-order valence-corrected chi connectivity index (χ4v) is 2.76. The minimum atomic E-state index is -3.39. The van der Waals surface area contributed by atoms with Crippen molar-refractivity contribution in [2.75, 3.05) is 29.9 Å². The number of hydrogen-bond donors (Lipinski definition) is 3. The van der Waals surface area contributed by atoms with Crippen molar-refractivity contribution in [3.05, 3.63) is 18.2 Å². The summed E-state index contributed by atoms with van der Waals surface area (Å²) < 4.78 is 30.0. The minimum Gasteiger partial charge on any atom is -0.494 e. The number of methoxy groups -OCH3 is 1. The Kier molecular flexibility index (Phi) is 4.69. The van der Waals surface area contributed by atoms with Crippen LogP contribution in [0.25, 0.3) is 0 Å². The van der Waals surface area contributed by atoms with Crippen LogP contribution >= 0.6 is 0 Å². The van der Waals surface area contributed by atoms with Crippen molar-refractivity contribution in [1.82, 2.24) is 5.32 Å². The first-order valence-electron chi connectivity index (χ1n) is 6.59. The standard InChI is InChI=1S/C13H19N3O4S/c1-20-12-8-9(5-6-10(12)16-21(2,18)19)15-13(17)11-4-3-7-14-11/h5-6,8,11,14,16H,3-4,7H2,1-2H3,(H,15,17). The monoisotopic (exact) mass is 313 g/mol. The Morgan fingerprint density at radius 3 is 2.76 bits per heavy atom. The molecular weight excluding hydrogens is 294 g/mol. The maximum Gasteiger partial charge on any atom is 0.241 e. The van der Waals surface area contributed by atoms with E-state index in [-0.39, 0.29) is 11.9 Å². The highest BCUT2D eigenvalue weighted by Gasteiger charge is 2.22. The molecule has 1 aromatic rings. The first-order valence-corrected chi connectivity index (χ1v) is 8.48. The lowest BCUT2D eigenvalue weighted by Gasteiger charge is -2.14. The van der Waals surface area contributed by atoms with Gasteiger partial charge < -0.3 is 15.4 Å². The van der Waals surface area contributed by atoms with Gasteiger partial charge in [0.15, 0.2) is 0 Å². The van der Waals surface area contributed by atoms with E-state index in [4.69, 9.17) is 4.74 Å². The van der Waals surface area contributed by atoms with Gasteiger partial charge in [0.1, 0.15) is 5.75 Å². The Hall–Kier alpha value is -1.80. The van der Waals surface area contributed by atoms with Gasteiger partial charge in [0.2, 0.25) is 15.9 Å². The Labute approximate surface area is 124 Å². The molecule has 1 aromatic carbocycles. The van der Waals surface area contributed by atoms with E-state index >= 15 is 0 Å². The summed E-state index contributed by atoms with van der Waals surface area (Å²) in [5.74, 6) is 0.246. The molecule has 1 fully saturated rings. The highest BCUT2D eigenvalue weighted by molar-refractivity contribution is 7.92. The maximum absolute atomic E-state index is 12.0. The van der Waals surface area contributed by atoms with Crippen LogP contribution in [-0.2, 0) is 14.8 Å². The van der Waals surface area contributed by atoms with Gasteiger partial charge in [-0.15, -0.1) is 0 Å². The normalized spacial score (nSPS) is 18.3. The van der Waals surface area contributed by atoms with Crippen LogP contribution < -0.4 is 20.1 Å². The molecule has 0 saturated carbocycles. The number of carbonyl (C=O) groups is 1. The zero-order valence-corrected chi connectivity index (χ0v) is 12.8. The highest BCUT2D eigenvalue weighted by Crippen LogP contribution is 2.28. The van der Waals surface area contributed by atoms with Gasteiger partial charge in [-0.25, -0.2) is 8.42 Å². The van der Waals surface area contributed by atoms with Gasteiger partial charge in [0, 0.05) is 11.8 Å². The second-order valence-electron chi connectivity index (χ2n) is 4.93. The van der Waals surface area contributed by atoms with Crippen LogP contribution in [0.2, 0.25) is 0 Å². The molecule has 1 amide bonds. The molecule has 0 aliphatic carbocycles. The Bertz CT molecular complexity index is 624. The molecule has 1 saturated heterocycles. The van der Waals surface area contributed by atoms with Crippen molar-refractivity contribution in [3.8, 4) is 5.75 Å². The van der Waals surface area contributed by atoms with Crippen LogP contribution in [0.3, 0.4) is 0 Å². The topological polar surface area (TPSA) is 96.5 Å². The number of ether oxygens (including phenoxy) is 1. The number of nitrogens with one attached hydrogen (secondary N) is 3. The van der Waals surface area contributed by atoms with E-state index in [0.29, 0.717) is 17.1 Å². The molecule has 0 aromatic heterocycles. The smallest absolute Gasteiger partial charge is 0.241 e. The Morgan fingerprint density at radius 2 is 2.19 bits per heavy atom. The summed E-state index contributed by atoms with van der Waals surface area (Å²) in [6, 6.07) is 4.59. The lowest BCUT2D eigenvalue weighted by Crippen LogP contribution is -2.35. The highest BCUT2D eigenvalue weighted by atomic mass is 32.2. The third kappa shape index (κ3) is 4.33. The van der Waals surface area contributed by atoms with Crippen LogP contribution in [0, 0.1) is 0 Å². The molecule has 2 rings (SSSR count). The molecule has 1 heterocycles. The summed E-state index contributed by atoms with van der Waals surface area (Å²) in [5.41, 5.74) is 0.890. The average molecular weight is 313 g/mol. The van der Waals surface area contributed by atoms with E-state index in [1.165, 1.54) is 7.11 Å². The van der Waals surface area contributed by atoms with Gasteiger partial charge in [0.05, 0.1) is 25.1 Å². The quantitative estimate of drug-likeness (QED) is 0.745. The zero-order valence-electron chi connectivity index (χ0n) is 12.0. The first-order chi connectivity index (χ1) is 9.89. The summed E-state index contributed by atoms with van der Waals surface area (Å²) >= 11 is 0. The number of sulfonamides is 1. The lowest BCUT2D eigenvalue weighted by atomic mass is 10.2. The van der Waals surface area contributed by atoms with Crippen LogP contribution in [0.1, 0.15) is 12.8 Å². The molecule has 1 aliphatic heterocycles. The first kappa shape index (κ1) is 15.6. The molecule has 21 heavy (non-hydrogen) atoms. The van der Waals surface area contributed by atoms with Gasteiger partial charge in [-0.3, -0.25) is 9.52 Å². The van der Waals surface area contributed by atoms with Crippen molar-refractivity contribution in [3.63, 3.8) is 0 Å². The van der Waals surface area contributed by atoms with E-state index in [2.05, 4.69) is 15.4 Å². The molecule has 1 aliphatic rings. The number of hydrogen-bond acceptors (Lipinski definition) is 5. The third-order valence-corrected chi connectivity index (χ3v) is 3.73. The van der Waals surface area contributed by atoms with E-state index in [0.717, 1.165) is 25.6 Å². The Balaban J connectivity index is 2.13. The molecular formula is C13H19N3O4S. The van der Waals surface area contributed by atoms with E-state index in [9.17, 15) is 13.2 Å². The summed E-state index contributed by atoms with van der Waals surface area (Å²) in [6.07, 6.45) is 2.86. The van der Waals surface area contributed by atoms with Crippen LogP contribution in [0.5, 0.6) is 5.75 Å². The fourth-order valence-electron chi connectivity index (χ4n) is 2.19. The predicted octanol–water partition coefficient (Wildman–Crippen LogP) is 0.757. The number of anilines is 2. The van der Waals surface area contributed by atoms with Gasteiger partial charge in [0.25, 0.3) is 0 Å². The Morgan fingerprint density at radius 1 is 1.43 bits per heavy atom. The molecule has 0 radical (unpaired) electrons. The van der Waals surface area contributed by atoms with Crippen LogP contribution in [0.15, 0.2) is 18.2 Å². The van der Waals surface area contributed by atoms with Crippen LogP contribution in [-0.4, -0.2) is 40.3 Å². The summed E-state index contributed by atoms with van der Waals surface area (Å²) in [5, 5.41) is 5.90. The van der Waals surface area contributed by atoms with Crippen molar-refractivity contribution in [2.24, 2.45) is 0 Å². The number of carbonyl (C=O) groups excluding carboxylic acids is 1.